The highest BCUT2D eigenvalue weighted by Gasteiger charge is 2.32. The van der Waals surface area contributed by atoms with Gasteiger partial charge >= 0.3 is 5.97 Å². The maximum Gasteiger partial charge on any atom is 0.305 e. The molecule has 0 bridgehead atoms. The number of anilines is 1. The van der Waals surface area contributed by atoms with Crippen molar-refractivity contribution in [2.75, 3.05) is 18.5 Å². The lowest BCUT2D eigenvalue weighted by atomic mass is 10.1. The lowest BCUT2D eigenvalue weighted by Crippen LogP contribution is -2.37. The van der Waals surface area contributed by atoms with Crippen molar-refractivity contribution in [1.29, 1.82) is 0 Å². The molecule has 8 heteroatoms. The Balaban J connectivity index is 1.87. The number of amides is 2. The number of aliphatic carboxylic acids is 1. The van der Waals surface area contributed by atoms with E-state index in [-0.39, 0.29) is 30.9 Å². The predicted octanol–water partition coefficient (Wildman–Crippen LogP) is 1.86. The quantitative estimate of drug-likeness (QED) is 0.831. The van der Waals surface area contributed by atoms with Gasteiger partial charge in [-0.1, -0.05) is 0 Å². The second kappa shape index (κ2) is 6.19. The summed E-state index contributed by atoms with van der Waals surface area (Å²) in [4.78, 5) is 36.6. The lowest BCUT2D eigenvalue weighted by molar-refractivity contribution is -0.138. The smallest absolute Gasteiger partial charge is 0.305 e. The largest absolute Gasteiger partial charge is 0.482 e. The van der Waals surface area contributed by atoms with Gasteiger partial charge in [0.2, 0.25) is 0 Å². The van der Waals surface area contributed by atoms with Crippen molar-refractivity contribution >= 4 is 39.4 Å². The Morgan fingerprint density at radius 3 is 2.96 bits per heavy atom. The molecule has 1 fully saturated rings. The Morgan fingerprint density at radius 1 is 1.43 bits per heavy atom. The summed E-state index contributed by atoms with van der Waals surface area (Å²) in [6.45, 7) is 0.450. The first kappa shape index (κ1) is 15.8. The number of nitrogens with zero attached hydrogens (tertiary/aromatic N) is 1. The lowest BCUT2D eigenvalue weighted by Gasteiger charge is -2.25. The van der Waals surface area contributed by atoms with Crippen molar-refractivity contribution < 1.29 is 24.2 Å². The van der Waals surface area contributed by atoms with Crippen LogP contribution in [-0.2, 0) is 9.59 Å². The summed E-state index contributed by atoms with van der Waals surface area (Å²) < 4.78 is 5.87. The minimum Gasteiger partial charge on any atom is -0.482 e. The van der Waals surface area contributed by atoms with Crippen molar-refractivity contribution in [1.82, 2.24) is 4.90 Å². The molecule has 122 valence electrons. The number of carboxylic acid groups (broad SMARTS) is 1. The standard InChI is InChI=1S/C15H15BrN2O5/c16-10-6-11-12(23-7-13(19)17-11)5-9(10)15(22)18-3-1-2-8(18)4-14(20)21/h5-6,8H,1-4,7H2,(H,17,19)(H,20,21). The van der Waals surface area contributed by atoms with E-state index in [2.05, 4.69) is 21.2 Å². The Bertz CT molecular complexity index is 691. The monoisotopic (exact) mass is 382 g/mol. The van der Waals surface area contributed by atoms with Gasteiger partial charge in [-0.15, -0.1) is 0 Å². The molecule has 2 amide bonds. The van der Waals surface area contributed by atoms with Gasteiger partial charge in [-0.3, -0.25) is 14.4 Å². The molecule has 0 spiro atoms. The zero-order valence-corrected chi connectivity index (χ0v) is 13.8. The first-order valence-corrected chi connectivity index (χ1v) is 8.04. The fourth-order valence-electron chi connectivity index (χ4n) is 2.94. The zero-order chi connectivity index (χ0) is 16.6. The predicted molar refractivity (Wildman–Crippen MR) is 84.6 cm³/mol. The van der Waals surface area contributed by atoms with E-state index >= 15 is 0 Å². The molecule has 2 N–H and O–H groups in total. The zero-order valence-electron chi connectivity index (χ0n) is 12.2. The fraction of sp³-hybridized carbons (Fsp3) is 0.400. The fourth-order valence-corrected chi connectivity index (χ4v) is 3.45. The minimum absolute atomic E-state index is 0.0547. The number of hydrogen-bond donors (Lipinski definition) is 2. The van der Waals surface area contributed by atoms with Crippen LogP contribution in [0, 0.1) is 0 Å². The summed E-state index contributed by atoms with van der Waals surface area (Å²) in [7, 11) is 0. The molecule has 2 aliphatic heterocycles. The molecule has 1 aromatic rings. The second-order valence-corrected chi connectivity index (χ2v) is 6.41. The van der Waals surface area contributed by atoms with E-state index in [9.17, 15) is 14.4 Å². The molecule has 1 saturated heterocycles. The third-order valence-corrected chi connectivity index (χ3v) is 4.64. The number of likely N-dealkylation sites (tertiary alicyclic amines) is 1. The molecule has 2 heterocycles. The van der Waals surface area contributed by atoms with Crippen molar-refractivity contribution in [3.05, 3.63) is 22.2 Å². The van der Waals surface area contributed by atoms with Crippen LogP contribution in [0.2, 0.25) is 0 Å². The first-order chi connectivity index (χ1) is 11.0. The van der Waals surface area contributed by atoms with Gasteiger partial charge in [0.25, 0.3) is 11.8 Å². The van der Waals surface area contributed by atoms with Crippen LogP contribution in [0.15, 0.2) is 16.6 Å². The average molecular weight is 383 g/mol. The van der Waals surface area contributed by atoms with Gasteiger partial charge in [0.05, 0.1) is 17.7 Å². The van der Waals surface area contributed by atoms with Crippen LogP contribution < -0.4 is 10.1 Å². The third kappa shape index (κ3) is 3.17. The third-order valence-electron chi connectivity index (χ3n) is 3.98. The molecule has 1 aromatic carbocycles. The van der Waals surface area contributed by atoms with Gasteiger partial charge in [-0.05, 0) is 40.9 Å². The molecular formula is C15H15BrN2O5. The highest BCUT2D eigenvalue weighted by atomic mass is 79.9. The van der Waals surface area contributed by atoms with Gasteiger partial charge < -0.3 is 20.1 Å². The number of halogens is 1. The number of nitrogens with one attached hydrogen (secondary N) is 1. The molecule has 0 saturated carbocycles. The van der Waals surface area contributed by atoms with Crippen molar-refractivity contribution in [3.63, 3.8) is 0 Å². The Hall–Kier alpha value is -2.09. The number of carbonyl (C=O) groups excluding carboxylic acids is 2. The number of benzene rings is 1. The highest BCUT2D eigenvalue weighted by molar-refractivity contribution is 9.10. The Labute approximate surface area is 140 Å². The van der Waals surface area contributed by atoms with Crippen LogP contribution >= 0.6 is 15.9 Å². The summed E-state index contributed by atoms with van der Waals surface area (Å²) in [5.74, 6) is -0.955. The molecule has 7 nitrogen and oxygen atoms in total. The summed E-state index contributed by atoms with van der Waals surface area (Å²) in [5.41, 5.74) is 0.908. The van der Waals surface area contributed by atoms with Gasteiger partial charge in [0.15, 0.2) is 6.61 Å². The Morgan fingerprint density at radius 2 is 2.22 bits per heavy atom. The van der Waals surface area contributed by atoms with Crippen molar-refractivity contribution in [2.24, 2.45) is 0 Å². The molecule has 2 aliphatic rings. The molecule has 1 unspecified atom stereocenters. The van der Waals surface area contributed by atoms with Gasteiger partial charge in [-0.2, -0.15) is 0 Å². The SMILES string of the molecule is O=C(O)CC1CCCN1C(=O)c1cc2c(cc1Br)NC(=O)CO2. The normalized spacial score (nSPS) is 19.8. The van der Waals surface area contributed by atoms with E-state index in [0.29, 0.717) is 34.4 Å². The highest BCUT2D eigenvalue weighted by Crippen LogP contribution is 2.35. The summed E-state index contributed by atoms with van der Waals surface area (Å²) >= 11 is 3.34. The first-order valence-electron chi connectivity index (χ1n) is 7.24. The number of hydrogen-bond acceptors (Lipinski definition) is 4. The van der Waals surface area contributed by atoms with Gasteiger partial charge in [0, 0.05) is 17.1 Å². The van der Waals surface area contributed by atoms with Crippen LogP contribution in [-0.4, -0.2) is 47.0 Å². The summed E-state index contributed by atoms with van der Waals surface area (Å²) in [5, 5.41) is 11.6. The topological polar surface area (TPSA) is 95.9 Å². The molecule has 0 radical (unpaired) electrons. The number of carbonyl (C=O) groups is 3. The minimum atomic E-state index is -0.912. The summed E-state index contributed by atoms with van der Waals surface area (Å²) in [6.07, 6.45) is 1.42. The van der Waals surface area contributed by atoms with Gasteiger partial charge in [-0.25, -0.2) is 0 Å². The van der Waals surface area contributed by atoms with Crippen molar-refractivity contribution in [2.45, 2.75) is 25.3 Å². The number of carboxylic acids is 1. The molecule has 3 rings (SSSR count). The van der Waals surface area contributed by atoms with Crippen LogP contribution in [0.5, 0.6) is 5.75 Å². The van der Waals surface area contributed by atoms with Crippen LogP contribution in [0.4, 0.5) is 5.69 Å². The van der Waals surface area contributed by atoms with Crippen LogP contribution in [0.3, 0.4) is 0 Å². The van der Waals surface area contributed by atoms with E-state index in [0.717, 1.165) is 6.42 Å². The van der Waals surface area contributed by atoms with E-state index in [1.54, 1.807) is 17.0 Å². The van der Waals surface area contributed by atoms with Crippen LogP contribution in [0.25, 0.3) is 0 Å². The molecule has 0 aromatic heterocycles. The average Bonchev–Trinajstić information content (AvgIpc) is 2.93. The van der Waals surface area contributed by atoms with Crippen LogP contribution in [0.1, 0.15) is 29.6 Å². The maximum absolute atomic E-state index is 12.8. The van der Waals surface area contributed by atoms with E-state index in [1.165, 1.54) is 0 Å². The Kier molecular flexibility index (Phi) is 4.25. The summed E-state index contributed by atoms with van der Waals surface area (Å²) in [6, 6.07) is 2.92. The molecule has 1 atom stereocenters. The van der Waals surface area contributed by atoms with E-state index in [4.69, 9.17) is 9.84 Å². The number of fused-ring (bicyclic) bond motifs is 1. The molecule has 0 aliphatic carbocycles. The maximum atomic E-state index is 12.8. The second-order valence-electron chi connectivity index (χ2n) is 5.56. The molecular weight excluding hydrogens is 368 g/mol. The van der Waals surface area contributed by atoms with E-state index < -0.39 is 5.97 Å². The number of ether oxygens (including phenoxy) is 1. The molecule has 23 heavy (non-hydrogen) atoms. The van der Waals surface area contributed by atoms with Crippen molar-refractivity contribution in [3.8, 4) is 5.75 Å². The van der Waals surface area contributed by atoms with Gasteiger partial charge in [0.1, 0.15) is 5.75 Å². The number of rotatable bonds is 3. The van der Waals surface area contributed by atoms with E-state index in [1.807, 2.05) is 0 Å².